The molecule has 2 aromatic heterocycles. The molecule has 0 aliphatic heterocycles. The van der Waals surface area contributed by atoms with E-state index in [1.807, 2.05) is 72.3 Å². The highest BCUT2D eigenvalue weighted by molar-refractivity contribution is 7.99. The van der Waals surface area contributed by atoms with Gasteiger partial charge in [-0.25, -0.2) is 9.78 Å². The summed E-state index contributed by atoms with van der Waals surface area (Å²) in [5.74, 6) is 1.83. The second-order valence-electron chi connectivity index (χ2n) is 6.90. The van der Waals surface area contributed by atoms with Gasteiger partial charge < -0.3 is 10.6 Å². The quantitative estimate of drug-likeness (QED) is 0.369. The molecule has 4 aromatic rings. The van der Waals surface area contributed by atoms with E-state index < -0.39 is 0 Å². The van der Waals surface area contributed by atoms with Gasteiger partial charge in [0.15, 0.2) is 0 Å². The number of aryl methyl sites for hydroxylation is 1. The number of carbonyl (C=O) groups is 1. The number of carbonyl (C=O) groups excluding carboxylic acids is 1. The molecule has 0 bridgehead atoms. The molecule has 4 rings (SSSR count). The zero-order valence-corrected chi connectivity index (χ0v) is 18.2. The van der Waals surface area contributed by atoms with Crippen LogP contribution in [0.5, 0.6) is 0 Å². The van der Waals surface area contributed by atoms with Gasteiger partial charge in [-0.2, -0.15) is 0 Å². The molecular formula is C24H23N5OS. The van der Waals surface area contributed by atoms with Crippen molar-refractivity contribution in [2.75, 3.05) is 16.4 Å². The molecule has 31 heavy (non-hydrogen) atoms. The van der Waals surface area contributed by atoms with Gasteiger partial charge in [-0.3, -0.25) is 9.55 Å². The molecule has 7 heteroatoms. The number of imidazole rings is 1. The summed E-state index contributed by atoms with van der Waals surface area (Å²) in [6, 6.07) is 17.3. The normalized spacial score (nSPS) is 10.6. The molecule has 2 aromatic carbocycles. The fourth-order valence-corrected chi connectivity index (χ4v) is 4.00. The Morgan fingerprint density at radius 2 is 1.87 bits per heavy atom. The van der Waals surface area contributed by atoms with Crippen LogP contribution in [0.2, 0.25) is 0 Å². The summed E-state index contributed by atoms with van der Waals surface area (Å²) < 4.78 is 2.02. The first-order chi connectivity index (χ1) is 15.1. The summed E-state index contributed by atoms with van der Waals surface area (Å²) in [6.07, 6.45) is 7.20. The number of nitrogens with zero attached hydrogens (tertiary/aromatic N) is 3. The first-order valence-corrected chi connectivity index (χ1v) is 11.0. The maximum atomic E-state index is 12.5. The number of hydrogen-bond donors (Lipinski definition) is 2. The second kappa shape index (κ2) is 9.49. The number of anilines is 2. The van der Waals surface area contributed by atoms with Gasteiger partial charge in [0.25, 0.3) is 0 Å². The van der Waals surface area contributed by atoms with Crippen LogP contribution in [0.1, 0.15) is 12.5 Å². The Labute approximate surface area is 185 Å². The topological polar surface area (TPSA) is 71.8 Å². The van der Waals surface area contributed by atoms with Gasteiger partial charge in [0.2, 0.25) is 0 Å². The second-order valence-corrected chi connectivity index (χ2v) is 8.23. The lowest BCUT2D eigenvalue weighted by Crippen LogP contribution is -2.20. The Morgan fingerprint density at radius 1 is 1.03 bits per heavy atom. The van der Waals surface area contributed by atoms with Crippen LogP contribution in [0.15, 0.2) is 84.3 Å². The zero-order valence-electron chi connectivity index (χ0n) is 17.4. The van der Waals surface area contributed by atoms with Crippen molar-refractivity contribution in [3.05, 3.63) is 84.9 Å². The third-order valence-corrected chi connectivity index (χ3v) is 5.59. The van der Waals surface area contributed by atoms with Gasteiger partial charge in [0.1, 0.15) is 5.82 Å². The summed E-state index contributed by atoms with van der Waals surface area (Å²) in [6.45, 7) is 4.08. The van der Waals surface area contributed by atoms with Crippen molar-refractivity contribution in [1.29, 1.82) is 0 Å². The largest absolute Gasteiger partial charge is 0.323 e. The maximum absolute atomic E-state index is 12.5. The lowest BCUT2D eigenvalue weighted by Gasteiger charge is -2.13. The molecule has 0 aliphatic rings. The summed E-state index contributed by atoms with van der Waals surface area (Å²) in [5.41, 5.74) is 4.44. The fourth-order valence-electron chi connectivity index (χ4n) is 3.28. The Bertz CT molecular complexity index is 1190. The first kappa shape index (κ1) is 20.7. The molecule has 0 radical (unpaired) electrons. The predicted molar refractivity (Wildman–Crippen MR) is 127 cm³/mol. The van der Waals surface area contributed by atoms with Crippen LogP contribution < -0.4 is 10.6 Å². The number of rotatable bonds is 6. The lowest BCUT2D eigenvalue weighted by atomic mass is 10.1. The van der Waals surface area contributed by atoms with Crippen molar-refractivity contribution >= 4 is 29.2 Å². The molecule has 0 aliphatic carbocycles. The van der Waals surface area contributed by atoms with Crippen molar-refractivity contribution < 1.29 is 4.79 Å². The van der Waals surface area contributed by atoms with E-state index in [2.05, 4.69) is 27.5 Å². The van der Waals surface area contributed by atoms with E-state index in [4.69, 9.17) is 0 Å². The SMILES string of the molecule is CCSc1cccc(NC(=O)Nc2ccc(-n3ccnc3-c3ccncc3)cc2C)c1. The number of amides is 2. The van der Waals surface area contributed by atoms with Gasteiger partial charge in [-0.1, -0.05) is 13.0 Å². The van der Waals surface area contributed by atoms with E-state index in [1.165, 1.54) is 0 Å². The molecule has 6 nitrogen and oxygen atoms in total. The predicted octanol–water partition coefficient (Wildman–Crippen LogP) is 6.00. The molecular weight excluding hydrogens is 406 g/mol. The molecule has 0 unspecified atom stereocenters. The summed E-state index contributed by atoms with van der Waals surface area (Å²) in [4.78, 5) is 22.2. The van der Waals surface area contributed by atoms with Crippen molar-refractivity contribution in [1.82, 2.24) is 14.5 Å². The molecule has 0 spiro atoms. The first-order valence-electron chi connectivity index (χ1n) is 9.99. The number of thioether (sulfide) groups is 1. The number of benzene rings is 2. The molecule has 2 amide bonds. The van der Waals surface area contributed by atoms with E-state index in [9.17, 15) is 4.79 Å². The Hall–Kier alpha value is -3.58. The van der Waals surface area contributed by atoms with Crippen LogP contribution in [0.4, 0.5) is 16.2 Å². The highest BCUT2D eigenvalue weighted by Gasteiger charge is 2.10. The third kappa shape index (κ3) is 4.95. The minimum atomic E-state index is -0.269. The van der Waals surface area contributed by atoms with Crippen LogP contribution in [0.3, 0.4) is 0 Å². The van der Waals surface area contributed by atoms with E-state index in [0.29, 0.717) is 0 Å². The van der Waals surface area contributed by atoms with E-state index in [0.717, 1.165) is 44.7 Å². The molecule has 0 saturated heterocycles. The van der Waals surface area contributed by atoms with Crippen LogP contribution in [0, 0.1) is 6.92 Å². The highest BCUT2D eigenvalue weighted by Crippen LogP contribution is 2.25. The summed E-state index contributed by atoms with van der Waals surface area (Å²) in [7, 11) is 0. The zero-order chi connectivity index (χ0) is 21.6. The number of nitrogens with one attached hydrogen (secondary N) is 2. The molecule has 2 heterocycles. The van der Waals surface area contributed by atoms with Crippen LogP contribution >= 0.6 is 11.8 Å². The van der Waals surface area contributed by atoms with Crippen LogP contribution in [-0.2, 0) is 0 Å². The van der Waals surface area contributed by atoms with Gasteiger partial charge in [0.05, 0.1) is 0 Å². The van der Waals surface area contributed by atoms with Gasteiger partial charge in [0, 0.05) is 52.3 Å². The molecule has 156 valence electrons. The Kier molecular flexibility index (Phi) is 6.33. The van der Waals surface area contributed by atoms with Gasteiger partial charge >= 0.3 is 6.03 Å². The molecule has 0 fully saturated rings. The van der Waals surface area contributed by atoms with Crippen LogP contribution in [-0.4, -0.2) is 26.3 Å². The number of pyridine rings is 1. The number of hydrogen-bond acceptors (Lipinski definition) is 4. The third-order valence-electron chi connectivity index (χ3n) is 4.72. The van der Waals surface area contributed by atoms with Crippen molar-refractivity contribution in [3.8, 4) is 17.1 Å². The minimum absolute atomic E-state index is 0.269. The van der Waals surface area contributed by atoms with Gasteiger partial charge in [-0.05, 0) is 66.8 Å². The van der Waals surface area contributed by atoms with E-state index >= 15 is 0 Å². The van der Waals surface area contributed by atoms with Gasteiger partial charge in [-0.15, -0.1) is 11.8 Å². The average molecular weight is 430 g/mol. The monoisotopic (exact) mass is 429 g/mol. The molecule has 2 N–H and O–H groups in total. The Balaban J connectivity index is 1.49. The highest BCUT2D eigenvalue weighted by atomic mass is 32.2. The van der Waals surface area contributed by atoms with E-state index in [1.54, 1.807) is 30.4 Å². The smallest absolute Gasteiger partial charge is 0.308 e. The average Bonchev–Trinajstić information content (AvgIpc) is 3.26. The molecule has 0 saturated carbocycles. The number of aromatic nitrogens is 3. The van der Waals surface area contributed by atoms with Crippen LogP contribution in [0.25, 0.3) is 17.1 Å². The molecule has 0 atom stereocenters. The van der Waals surface area contributed by atoms with Crippen molar-refractivity contribution in [2.24, 2.45) is 0 Å². The Morgan fingerprint density at radius 3 is 2.65 bits per heavy atom. The van der Waals surface area contributed by atoms with Crippen molar-refractivity contribution in [2.45, 2.75) is 18.7 Å². The lowest BCUT2D eigenvalue weighted by molar-refractivity contribution is 0.262. The number of urea groups is 1. The minimum Gasteiger partial charge on any atom is -0.308 e. The van der Waals surface area contributed by atoms with Crippen molar-refractivity contribution in [3.63, 3.8) is 0 Å². The summed E-state index contributed by atoms with van der Waals surface area (Å²) >= 11 is 1.74. The standard InChI is InChI=1S/C24H23N5OS/c1-3-31-21-6-4-5-19(16-21)27-24(30)28-22-8-7-20(15-17(22)2)29-14-13-26-23(29)18-9-11-25-12-10-18/h4-16H,3H2,1-2H3,(H2,27,28,30). The fraction of sp³-hybridized carbons (Fsp3) is 0.125. The van der Waals surface area contributed by atoms with E-state index in [-0.39, 0.29) is 6.03 Å². The maximum Gasteiger partial charge on any atom is 0.323 e. The summed E-state index contributed by atoms with van der Waals surface area (Å²) in [5, 5.41) is 5.84.